The summed E-state index contributed by atoms with van der Waals surface area (Å²) in [5.74, 6) is 0.728. The molecule has 1 aromatic carbocycles. The molecule has 0 aliphatic heterocycles. The van der Waals surface area contributed by atoms with Crippen LogP contribution in [-0.4, -0.2) is 27.9 Å². The fourth-order valence-corrected chi connectivity index (χ4v) is 2.66. The number of nitrogens with zero attached hydrogens (tertiary/aromatic N) is 2. The van der Waals surface area contributed by atoms with Gasteiger partial charge in [-0.15, -0.1) is 0 Å². The summed E-state index contributed by atoms with van der Waals surface area (Å²) in [6, 6.07) is 11.0. The standard InChI is InChI=1S/C14H13N5OS/c1-20-8-5-6-9-11(7-8)19-14(18-9)21-12-4-2-3-10(17-12)13(15)16/h2-7H,1H3,(H3,15,16)(H,18,19). The van der Waals surface area contributed by atoms with Crippen molar-refractivity contribution in [3.8, 4) is 5.75 Å². The van der Waals surface area contributed by atoms with E-state index >= 15 is 0 Å². The van der Waals surface area contributed by atoms with Crippen LogP contribution >= 0.6 is 11.8 Å². The van der Waals surface area contributed by atoms with E-state index in [0.717, 1.165) is 27.0 Å². The van der Waals surface area contributed by atoms with Crippen LogP contribution in [0.3, 0.4) is 0 Å². The van der Waals surface area contributed by atoms with Gasteiger partial charge in [0.1, 0.15) is 22.3 Å². The summed E-state index contributed by atoms with van der Waals surface area (Å²) < 4.78 is 5.19. The lowest BCUT2D eigenvalue weighted by molar-refractivity contribution is 0.415. The molecular formula is C14H13N5OS. The minimum atomic E-state index is -0.0493. The summed E-state index contributed by atoms with van der Waals surface area (Å²) in [6.07, 6.45) is 0. The zero-order valence-electron chi connectivity index (χ0n) is 11.3. The molecule has 2 aromatic heterocycles. The van der Waals surface area contributed by atoms with Gasteiger partial charge in [0.05, 0.1) is 18.1 Å². The van der Waals surface area contributed by atoms with Gasteiger partial charge in [0, 0.05) is 6.07 Å². The number of benzene rings is 1. The predicted octanol–water partition coefficient (Wildman–Crippen LogP) is 2.40. The van der Waals surface area contributed by atoms with E-state index in [9.17, 15) is 0 Å². The van der Waals surface area contributed by atoms with Crippen LogP contribution in [0.15, 0.2) is 46.6 Å². The number of fused-ring (bicyclic) bond motifs is 1. The SMILES string of the molecule is COc1ccc2nc(Sc3cccc(C(=N)N)n3)[nH]c2c1. The number of nitrogen functional groups attached to an aromatic ring is 1. The summed E-state index contributed by atoms with van der Waals surface area (Å²) in [5.41, 5.74) is 7.66. The van der Waals surface area contributed by atoms with Crippen LogP contribution in [0.4, 0.5) is 0 Å². The highest BCUT2D eigenvalue weighted by Crippen LogP contribution is 2.27. The molecule has 7 heteroatoms. The third-order valence-corrected chi connectivity index (χ3v) is 3.69. The molecule has 3 rings (SSSR count). The first-order valence-electron chi connectivity index (χ1n) is 6.19. The maximum atomic E-state index is 7.41. The summed E-state index contributed by atoms with van der Waals surface area (Å²) in [4.78, 5) is 12.0. The Labute approximate surface area is 125 Å². The van der Waals surface area contributed by atoms with E-state index in [1.54, 1.807) is 13.2 Å². The van der Waals surface area contributed by atoms with Crippen LogP contribution in [0.1, 0.15) is 5.69 Å². The molecule has 0 saturated carbocycles. The second-order valence-corrected chi connectivity index (χ2v) is 5.31. The molecule has 0 aliphatic rings. The average molecular weight is 299 g/mol. The van der Waals surface area contributed by atoms with E-state index in [-0.39, 0.29) is 5.84 Å². The summed E-state index contributed by atoms with van der Waals surface area (Å²) in [7, 11) is 1.63. The Hall–Kier alpha value is -2.54. The van der Waals surface area contributed by atoms with Crippen molar-refractivity contribution in [1.29, 1.82) is 5.41 Å². The molecule has 0 spiro atoms. The third kappa shape index (κ3) is 2.82. The highest BCUT2D eigenvalue weighted by Gasteiger charge is 2.08. The van der Waals surface area contributed by atoms with Crippen LogP contribution in [0.5, 0.6) is 5.75 Å². The number of rotatable bonds is 4. The fourth-order valence-electron chi connectivity index (χ4n) is 1.86. The van der Waals surface area contributed by atoms with E-state index < -0.39 is 0 Å². The second-order valence-electron chi connectivity index (χ2n) is 4.30. The zero-order valence-corrected chi connectivity index (χ0v) is 12.1. The van der Waals surface area contributed by atoms with Gasteiger partial charge < -0.3 is 15.5 Å². The molecule has 0 aliphatic carbocycles. The average Bonchev–Trinajstić information content (AvgIpc) is 2.88. The minimum absolute atomic E-state index is 0.0493. The topological polar surface area (TPSA) is 101 Å². The van der Waals surface area contributed by atoms with E-state index in [0.29, 0.717) is 5.69 Å². The number of nitrogens with one attached hydrogen (secondary N) is 2. The smallest absolute Gasteiger partial charge is 0.172 e. The molecule has 0 atom stereocenters. The molecule has 0 saturated heterocycles. The zero-order chi connectivity index (χ0) is 14.8. The molecule has 2 heterocycles. The maximum Gasteiger partial charge on any atom is 0.172 e. The normalized spacial score (nSPS) is 10.7. The van der Waals surface area contributed by atoms with Gasteiger partial charge in [-0.25, -0.2) is 9.97 Å². The van der Waals surface area contributed by atoms with Crippen molar-refractivity contribution in [2.75, 3.05) is 7.11 Å². The van der Waals surface area contributed by atoms with Crippen molar-refractivity contribution in [3.05, 3.63) is 42.1 Å². The molecule has 0 radical (unpaired) electrons. The van der Waals surface area contributed by atoms with Gasteiger partial charge in [0.2, 0.25) is 0 Å². The molecule has 4 N–H and O–H groups in total. The second kappa shape index (κ2) is 5.45. The third-order valence-electron chi connectivity index (χ3n) is 2.87. The van der Waals surface area contributed by atoms with Gasteiger partial charge in [0.15, 0.2) is 5.16 Å². The number of methoxy groups -OCH3 is 1. The molecule has 3 aromatic rings. The Morgan fingerprint density at radius 2 is 2.14 bits per heavy atom. The number of aromatic amines is 1. The minimum Gasteiger partial charge on any atom is -0.497 e. The van der Waals surface area contributed by atoms with Crippen molar-refractivity contribution < 1.29 is 4.74 Å². The predicted molar refractivity (Wildman–Crippen MR) is 82.0 cm³/mol. The molecular weight excluding hydrogens is 286 g/mol. The van der Waals surface area contributed by atoms with Crippen LogP contribution in [0.25, 0.3) is 11.0 Å². The first kappa shape index (κ1) is 13.4. The molecule has 0 unspecified atom stereocenters. The van der Waals surface area contributed by atoms with Crippen LogP contribution in [0.2, 0.25) is 0 Å². The van der Waals surface area contributed by atoms with Gasteiger partial charge in [-0.3, -0.25) is 5.41 Å². The van der Waals surface area contributed by atoms with E-state index in [2.05, 4.69) is 15.0 Å². The van der Waals surface area contributed by atoms with E-state index in [4.69, 9.17) is 15.9 Å². The lowest BCUT2D eigenvalue weighted by Gasteiger charge is -2.00. The quantitative estimate of drug-likeness (QED) is 0.507. The Morgan fingerprint density at radius 3 is 2.90 bits per heavy atom. The summed E-state index contributed by atoms with van der Waals surface area (Å²) in [5, 5.41) is 8.87. The summed E-state index contributed by atoms with van der Waals surface area (Å²) in [6.45, 7) is 0. The molecule has 6 nitrogen and oxygen atoms in total. The number of H-pyrrole nitrogens is 1. The van der Waals surface area contributed by atoms with E-state index in [1.807, 2.05) is 30.3 Å². The summed E-state index contributed by atoms with van der Waals surface area (Å²) >= 11 is 1.39. The van der Waals surface area contributed by atoms with Crippen molar-refractivity contribution in [1.82, 2.24) is 15.0 Å². The number of hydrogen-bond donors (Lipinski definition) is 3. The molecule has 0 fully saturated rings. The Bertz CT molecular complexity index is 814. The van der Waals surface area contributed by atoms with Gasteiger partial charge in [-0.1, -0.05) is 6.07 Å². The fraction of sp³-hybridized carbons (Fsp3) is 0.0714. The number of hydrogen-bond acceptors (Lipinski definition) is 5. The lowest BCUT2D eigenvalue weighted by Crippen LogP contribution is -2.12. The number of nitrogens with two attached hydrogens (primary N) is 1. The Morgan fingerprint density at radius 1 is 1.29 bits per heavy atom. The Kier molecular flexibility index (Phi) is 3.49. The van der Waals surface area contributed by atoms with Crippen molar-refractivity contribution >= 4 is 28.6 Å². The molecule has 106 valence electrons. The van der Waals surface area contributed by atoms with E-state index in [1.165, 1.54) is 11.8 Å². The first-order chi connectivity index (χ1) is 10.2. The van der Waals surface area contributed by atoms with Crippen LogP contribution < -0.4 is 10.5 Å². The molecule has 0 amide bonds. The number of ether oxygens (including phenoxy) is 1. The number of amidine groups is 1. The largest absolute Gasteiger partial charge is 0.497 e. The molecule has 0 bridgehead atoms. The van der Waals surface area contributed by atoms with Gasteiger partial charge >= 0.3 is 0 Å². The molecule has 21 heavy (non-hydrogen) atoms. The number of pyridine rings is 1. The van der Waals surface area contributed by atoms with Crippen molar-refractivity contribution in [2.45, 2.75) is 10.2 Å². The lowest BCUT2D eigenvalue weighted by atomic mass is 10.3. The van der Waals surface area contributed by atoms with Crippen LogP contribution in [0, 0.1) is 5.41 Å². The highest BCUT2D eigenvalue weighted by molar-refractivity contribution is 7.99. The number of aromatic nitrogens is 3. The Balaban J connectivity index is 1.91. The first-order valence-corrected chi connectivity index (χ1v) is 7.00. The van der Waals surface area contributed by atoms with Gasteiger partial charge in [0.25, 0.3) is 0 Å². The van der Waals surface area contributed by atoms with Gasteiger partial charge in [-0.2, -0.15) is 0 Å². The van der Waals surface area contributed by atoms with Crippen LogP contribution in [-0.2, 0) is 0 Å². The monoisotopic (exact) mass is 299 g/mol. The number of imidazole rings is 1. The van der Waals surface area contributed by atoms with Crippen molar-refractivity contribution in [2.24, 2.45) is 5.73 Å². The highest BCUT2D eigenvalue weighted by atomic mass is 32.2. The van der Waals surface area contributed by atoms with Crippen molar-refractivity contribution in [3.63, 3.8) is 0 Å². The van der Waals surface area contributed by atoms with Gasteiger partial charge in [-0.05, 0) is 36.0 Å². The maximum absolute atomic E-state index is 7.41.